The third-order valence-electron chi connectivity index (χ3n) is 6.29. The zero-order chi connectivity index (χ0) is 24.6. The van der Waals surface area contributed by atoms with Gasteiger partial charge in [-0.05, 0) is 67.8 Å². The Bertz CT molecular complexity index is 1270. The number of Topliss-reactive ketones (excluding diaryl/α,β-unsaturated/α-hetero) is 1. The SMILES string of the molecule is COc1cc(C(=O)CCC2(c3ccc(OC)c(-c4ccc(F)c(Cl)c4)n3)CO2)ccc1OC1CC1. The number of nitrogens with zero attached hydrogens (tertiary/aromatic N) is 1. The summed E-state index contributed by atoms with van der Waals surface area (Å²) in [4.78, 5) is 17.7. The van der Waals surface area contributed by atoms with Crippen LogP contribution in [0.5, 0.6) is 17.2 Å². The van der Waals surface area contributed by atoms with Gasteiger partial charge in [0, 0.05) is 17.5 Å². The number of pyridine rings is 1. The van der Waals surface area contributed by atoms with Gasteiger partial charge < -0.3 is 18.9 Å². The Morgan fingerprint density at radius 2 is 1.83 bits per heavy atom. The fourth-order valence-corrected chi connectivity index (χ4v) is 4.17. The summed E-state index contributed by atoms with van der Waals surface area (Å²) in [5.74, 6) is 1.22. The summed E-state index contributed by atoms with van der Waals surface area (Å²) in [6.07, 6.45) is 3.07. The quantitative estimate of drug-likeness (QED) is 0.253. The van der Waals surface area contributed by atoms with Crippen LogP contribution in [0.3, 0.4) is 0 Å². The predicted octanol–water partition coefficient (Wildman–Crippen LogP) is 5.99. The lowest BCUT2D eigenvalue weighted by Gasteiger charge is -2.15. The second-order valence-corrected chi connectivity index (χ2v) is 9.17. The van der Waals surface area contributed by atoms with Crippen molar-refractivity contribution >= 4 is 17.4 Å². The number of methoxy groups -OCH3 is 2. The van der Waals surface area contributed by atoms with E-state index in [4.69, 9.17) is 35.5 Å². The van der Waals surface area contributed by atoms with Gasteiger partial charge in [-0.15, -0.1) is 0 Å². The molecule has 2 heterocycles. The van der Waals surface area contributed by atoms with Crippen molar-refractivity contribution in [2.45, 2.75) is 37.4 Å². The van der Waals surface area contributed by atoms with E-state index >= 15 is 0 Å². The number of hydrogen-bond donors (Lipinski definition) is 0. The minimum atomic E-state index is -0.653. The van der Waals surface area contributed by atoms with Crippen LogP contribution in [-0.4, -0.2) is 37.7 Å². The minimum absolute atomic E-state index is 0.00344. The van der Waals surface area contributed by atoms with Gasteiger partial charge in [0.25, 0.3) is 0 Å². The van der Waals surface area contributed by atoms with Crippen LogP contribution in [-0.2, 0) is 10.3 Å². The predicted molar refractivity (Wildman–Crippen MR) is 129 cm³/mol. The molecular formula is C27H25ClFNO5. The Morgan fingerprint density at radius 3 is 2.49 bits per heavy atom. The first kappa shape index (κ1) is 23.6. The van der Waals surface area contributed by atoms with E-state index in [1.54, 1.807) is 44.6 Å². The van der Waals surface area contributed by atoms with Gasteiger partial charge in [0.05, 0.1) is 37.6 Å². The number of ether oxygens (including phenoxy) is 4. The highest BCUT2D eigenvalue weighted by molar-refractivity contribution is 6.31. The average molecular weight is 498 g/mol. The highest BCUT2D eigenvalue weighted by Crippen LogP contribution is 2.44. The van der Waals surface area contributed by atoms with Gasteiger partial charge in [-0.2, -0.15) is 0 Å². The second-order valence-electron chi connectivity index (χ2n) is 8.77. The molecule has 1 atom stereocenters. The molecule has 8 heteroatoms. The van der Waals surface area contributed by atoms with Crippen molar-refractivity contribution in [3.8, 4) is 28.5 Å². The first-order chi connectivity index (χ1) is 16.9. The second kappa shape index (κ2) is 9.47. The molecule has 0 radical (unpaired) electrons. The topological polar surface area (TPSA) is 70.2 Å². The molecule has 0 spiro atoms. The molecule has 1 unspecified atom stereocenters. The van der Waals surface area contributed by atoms with Crippen molar-refractivity contribution in [3.63, 3.8) is 0 Å². The summed E-state index contributed by atoms with van der Waals surface area (Å²) in [6.45, 7) is 0.459. The number of halogens is 2. The third-order valence-corrected chi connectivity index (χ3v) is 6.58. The lowest BCUT2D eigenvalue weighted by Crippen LogP contribution is -2.14. The van der Waals surface area contributed by atoms with Gasteiger partial charge in [-0.1, -0.05) is 11.6 Å². The van der Waals surface area contributed by atoms with Crippen LogP contribution in [0, 0.1) is 5.82 Å². The number of carbonyl (C=O) groups is 1. The zero-order valence-electron chi connectivity index (χ0n) is 19.5. The summed E-state index contributed by atoms with van der Waals surface area (Å²) in [6, 6.07) is 13.3. The van der Waals surface area contributed by atoms with E-state index in [2.05, 4.69) is 0 Å². The van der Waals surface area contributed by atoms with Gasteiger partial charge in [0.1, 0.15) is 22.9 Å². The first-order valence-electron chi connectivity index (χ1n) is 11.5. The third kappa shape index (κ3) is 4.97. The van der Waals surface area contributed by atoms with Crippen LogP contribution in [0.15, 0.2) is 48.5 Å². The molecule has 2 aliphatic rings. The number of ketones is 1. The van der Waals surface area contributed by atoms with E-state index in [1.807, 2.05) is 6.07 Å². The van der Waals surface area contributed by atoms with E-state index in [-0.39, 0.29) is 23.3 Å². The van der Waals surface area contributed by atoms with Gasteiger partial charge >= 0.3 is 0 Å². The molecule has 1 aromatic heterocycles. The van der Waals surface area contributed by atoms with Crippen molar-refractivity contribution in [2.75, 3.05) is 20.8 Å². The molecule has 1 aliphatic carbocycles. The lowest BCUT2D eigenvalue weighted by atomic mass is 9.95. The van der Waals surface area contributed by atoms with Crippen molar-refractivity contribution in [2.24, 2.45) is 0 Å². The van der Waals surface area contributed by atoms with E-state index < -0.39 is 11.4 Å². The standard InChI is InChI=1S/C27H25ClFNO5/c1-32-23-9-10-25(30-26(23)17-3-7-20(29)19(28)13-17)27(15-34-27)12-11-21(31)16-4-8-22(24(14-16)33-2)35-18-5-6-18/h3-4,7-10,13-14,18H,5-6,11-12,15H2,1-2H3. The van der Waals surface area contributed by atoms with Crippen molar-refractivity contribution in [1.29, 1.82) is 0 Å². The number of benzene rings is 2. The molecule has 182 valence electrons. The van der Waals surface area contributed by atoms with Crippen molar-refractivity contribution in [1.82, 2.24) is 4.98 Å². The highest BCUT2D eigenvalue weighted by Gasteiger charge is 2.48. The van der Waals surface area contributed by atoms with Crippen LogP contribution in [0.25, 0.3) is 11.3 Å². The Hall–Kier alpha value is -3.16. The maximum atomic E-state index is 13.7. The van der Waals surface area contributed by atoms with Crippen LogP contribution in [0.4, 0.5) is 4.39 Å². The molecule has 2 aromatic carbocycles. The molecule has 5 rings (SSSR count). The molecular weight excluding hydrogens is 473 g/mol. The van der Waals surface area contributed by atoms with Crippen LogP contribution in [0.1, 0.15) is 41.7 Å². The smallest absolute Gasteiger partial charge is 0.163 e. The summed E-state index contributed by atoms with van der Waals surface area (Å²) >= 11 is 5.98. The molecule has 0 bridgehead atoms. The Morgan fingerprint density at radius 1 is 1.09 bits per heavy atom. The van der Waals surface area contributed by atoms with E-state index in [9.17, 15) is 9.18 Å². The molecule has 2 fully saturated rings. The van der Waals surface area contributed by atoms with Crippen LogP contribution >= 0.6 is 11.6 Å². The zero-order valence-corrected chi connectivity index (χ0v) is 20.2. The average Bonchev–Trinajstić information content (AvgIpc) is 3.81. The largest absolute Gasteiger partial charge is 0.494 e. The normalized spacial score (nSPS) is 18.7. The summed E-state index contributed by atoms with van der Waals surface area (Å²) in [5, 5.41) is 0.00344. The lowest BCUT2D eigenvalue weighted by molar-refractivity contribution is 0.0966. The summed E-state index contributed by atoms with van der Waals surface area (Å²) in [5.41, 5.74) is 1.75. The molecule has 0 N–H and O–H groups in total. The minimum Gasteiger partial charge on any atom is -0.494 e. The molecule has 0 amide bonds. The van der Waals surface area contributed by atoms with Crippen LogP contribution in [0.2, 0.25) is 5.02 Å². The van der Waals surface area contributed by atoms with E-state index in [0.29, 0.717) is 52.8 Å². The molecule has 3 aromatic rings. The number of epoxide rings is 1. The van der Waals surface area contributed by atoms with Crippen LogP contribution < -0.4 is 14.2 Å². The molecule has 6 nitrogen and oxygen atoms in total. The Balaban J connectivity index is 1.33. The number of aromatic nitrogens is 1. The van der Waals surface area contributed by atoms with Crippen molar-refractivity contribution < 1.29 is 28.1 Å². The fourth-order valence-electron chi connectivity index (χ4n) is 3.99. The Labute approximate surface area is 207 Å². The summed E-state index contributed by atoms with van der Waals surface area (Å²) < 4.78 is 36.2. The Kier molecular flexibility index (Phi) is 6.38. The molecule has 1 saturated carbocycles. The maximum Gasteiger partial charge on any atom is 0.163 e. The number of rotatable bonds is 10. The van der Waals surface area contributed by atoms with Gasteiger partial charge in [-0.25, -0.2) is 9.37 Å². The highest BCUT2D eigenvalue weighted by atomic mass is 35.5. The number of hydrogen-bond acceptors (Lipinski definition) is 6. The van der Waals surface area contributed by atoms with E-state index in [0.717, 1.165) is 12.8 Å². The molecule has 35 heavy (non-hydrogen) atoms. The van der Waals surface area contributed by atoms with Gasteiger partial charge in [0.2, 0.25) is 0 Å². The number of carbonyl (C=O) groups excluding carboxylic acids is 1. The van der Waals surface area contributed by atoms with Gasteiger partial charge in [-0.3, -0.25) is 4.79 Å². The first-order valence-corrected chi connectivity index (χ1v) is 11.8. The monoisotopic (exact) mass is 497 g/mol. The molecule has 1 aliphatic heterocycles. The molecule has 1 saturated heterocycles. The van der Waals surface area contributed by atoms with Gasteiger partial charge in [0.15, 0.2) is 17.3 Å². The van der Waals surface area contributed by atoms with Crippen molar-refractivity contribution in [3.05, 3.63) is 70.6 Å². The van der Waals surface area contributed by atoms with E-state index in [1.165, 1.54) is 12.1 Å². The summed E-state index contributed by atoms with van der Waals surface area (Å²) in [7, 11) is 3.11. The fraction of sp³-hybridized carbons (Fsp3) is 0.333. The maximum absolute atomic E-state index is 13.7.